The number of likely N-dealkylation sites (tertiary alicyclic amines) is 1. The van der Waals surface area contributed by atoms with Crippen LogP contribution in [0.3, 0.4) is 0 Å². The number of esters is 1. The summed E-state index contributed by atoms with van der Waals surface area (Å²) in [4.78, 5) is 37.8. The minimum atomic E-state index is -4.45. The molecule has 9 heteroatoms. The van der Waals surface area contributed by atoms with Crippen LogP contribution in [-0.2, 0) is 11.0 Å². The molecule has 31 heavy (non-hydrogen) atoms. The number of benzene rings is 2. The number of carbonyl (C=O) groups excluding carboxylic acids is 3. The molecule has 2 amide bonds. The van der Waals surface area contributed by atoms with E-state index in [0.29, 0.717) is 31.5 Å². The van der Waals surface area contributed by atoms with Crippen LogP contribution in [0.25, 0.3) is 0 Å². The van der Waals surface area contributed by atoms with Crippen molar-refractivity contribution in [2.75, 3.05) is 13.1 Å². The second-order valence-electron chi connectivity index (χ2n) is 7.24. The molecule has 2 aromatic rings. The van der Waals surface area contributed by atoms with Crippen LogP contribution < -0.4 is 10.1 Å². The predicted molar refractivity (Wildman–Crippen MR) is 106 cm³/mol. The summed E-state index contributed by atoms with van der Waals surface area (Å²) in [6.45, 7) is 2.10. The summed E-state index contributed by atoms with van der Waals surface area (Å²) in [5.74, 6) is -0.847. The van der Waals surface area contributed by atoms with Crippen molar-refractivity contribution in [1.82, 2.24) is 10.2 Å². The molecule has 1 heterocycles. The maximum Gasteiger partial charge on any atom is 0.416 e. The highest BCUT2D eigenvalue weighted by Gasteiger charge is 2.30. The number of alkyl halides is 3. The highest BCUT2D eigenvalue weighted by Crippen LogP contribution is 2.29. The Labute approximate surface area is 177 Å². The molecule has 0 unspecified atom stereocenters. The second kappa shape index (κ2) is 9.20. The van der Waals surface area contributed by atoms with Gasteiger partial charge in [-0.3, -0.25) is 14.4 Å². The molecule has 6 nitrogen and oxygen atoms in total. The summed E-state index contributed by atoms with van der Waals surface area (Å²) in [5.41, 5.74) is -0.270. The molecule has 0 radical (unpaired) electrons. The van der Waals surface area contributed by atoms with Crippen LogP contribution in [0.4, 0.5) is 13.2 Å². The van der Waals surface area contributed by atoms with Gasteiger partial charge in [-0.05, 0) is 55.3 Å². The summed E-state index contributed by atoms with van der Waals surface area (Å²) in [6.07, 6.45) is -3.42. The van der Waals surface area contributed by atoms with E-state index in [1.54, 1.807) is 23.1 Å². The normalized spacial score (nSPS) is 14.8. The lowest BCUT2D eigenvalue weighted by molar-refractivity contribution is -0.137. The number of nitrogens with zero attached hydrogens (tertiary/aromatic N) is 1. The van der Waals surface area contributed by atoms with E-state index in [1.165, 1.54) is 13.0 Å². The first-order valence-electron chi connectivity index (χ1n) is 9.69. The van der Waals surface area contributed by atoms with Crippen LogP contribution in [-0.4, -0.2) is 41.8 Å². The molecule has 0 aliphatic carbocycles. The number of hydrogen-bond acceptors (Lipinski definition) is 4. The first kappa shape index (κ1) is 22.3. The van der Waals surface area contributed by atoms with E-state index >= 15 is 0 Å². The molecule has 0 aromatic heterocycles. The van der Waals surface area contributed by atoms with E-state index in [0.717, 1.165) is 24.3 Å². The average molecular weight is 434 g/mol. The number of halogens is 3. The molecule has 0 saturated carbocycles. The van der Waals surface area contributed by atoms with E-state index in [9.17, 15) is 27.6 Å². The van der Waals surface area contributed by atoms with E-state index in [2.05, 4.69) is 5.32 Å². The van der Waals surface area contributed by atoms with Crippen LogP contribution >= 0.6 is 0 Å². The maximum absolute atomic E-state index is 12.7. The van der Waals surface area contributed by atoms with Gasteiger partial charge in [0.05, 0.1) is 5.56 Å². The van der Waals surface area contributed by atoms with Crippen molar-refractivity contribution in [2.45, 2.75) is 32.0 Å². The Kier molecular flexibility index (Phi) is 6.62. The fraction of sp³-hybridized carbons (Fsp3) is 0.318. The summed E-state index contributed by atoms with van der Waals surface area (Å²) >= 11 is 0. The van der Waals surface area contributed by atoms with Crippen LogP contribution in [0.15, 0.2) is 48.5 Å². The Bertz CT molecular complexity index is 965. The van der Waals surface area contributed by atoms with Gasteiger partial charge in [0.15, 0.2) is 0 Å². The first-order chi connectivity index (χ1) is 14.6. The quantitative estimate of drug-likeness (QED) is 0.589. The number of amides is 2. The van der Waals surface area contributed by atoms with Gasteiger partial charge in [-0.25, -0.2) is 0 Å². The minimum absolute atomic E-state index is 0.147. The predicted octanol–water partition coefficient (Wildman–Crippen LogP) is 3.67. The third kappa shape index (κ3) is 5.84. The first-order valence-corrected chi connectivity index (χ1v) is 9.69. The Morgan fingerprint density at radius 2 is 1.65 bits per heavy atom. The lowest BCUT2D eigenvalue weighted by Gasteiger charge is -2.32. The number of ether oxygens (including phenoxy) is 1. The lowest BCUT2D eigenvalue weighted by Crippen LogP contribution is -2.46. The van der Waals surface area contributed by atoms with Gasteiger partial charge in [0.2, 0.25) is 0 Å². The van der Waals surface area contributed by atoms with Crippen LogP contribution in [0.2, 0.25) is 0 Å². The molecule has 1 aliphatic heterocycles. The number of piperidine rings is 1. The zero-order valence-corrected chi connectivity index (χ0v) is 16.7. The summed E-state index contributed by atoms with van der Waals surface area (Å²) in [7, 11) is 0. The molecule has 1 N–H and O–H groups in total. The van der Waals surface area contributed by atoms with Crippen LogP contribution in [0.1, 0.15) is 46.0 Å². The van der Waals surface area contributed by atoms with Gasteiger partial charge in [0, 0.05) is 37.2 Å². The number of hydrogen-bond donors (Lipinski definition) is 1. The smallest absolute Gasteiger partial charge is 0.416 e. The third-order valence-electron chi connectivity index (χ3n) is 4.93. The third-order valence-corrected chi connectivity index (χ3v) is 4.93. The summed E-state index contributed by atoms with van der Waals surface area (Å²) in [6, 6.07) is 10.2. The molecule has 0 bridgehead atoms. The standard InChI is InChI=1S/C22H21F3N2O4/c1-14(28)31-19-4-2-3-16(13-19)21(30)27-11-9-18(10-12-27)26-20(29)15-5-7-17(8-6-15)22(23,24)25/h2-8,13,18H,9-12H2,1H3,(H,26,29). The van der Waals surface area contributed by atoms with Gasteiger partial charge in [-0.2, -0.15) is 13.2 Å². The Balaban J connectivity index is 1.54. The largest absolute Gasteiger partial charge is 0.427 e. The maximum atomic E-state index is 12.7. The minimum Gasteiger partial charge on any atom is -0.427 e. The van der Waals surface area contributed by atoms with Gasteiger partial charge < -0.3 is 15.0 Å². The molecular weight excluding hydrogens is 413 g/mol. The topological polar surface area (TPSA) is 75.7 Å². The van der Waals surface area contributed by atoms with E-state index < -0.39 is 23.6 Å². The number of carbonyl (C=O) groups is 3. The highest BCUT2D eigenvalue weighted by atomic mass is 19.4. The average Bonchev–Trinajstić information content (AvgIpc) is 2.73. The monoisotopic (exact) mass is 434 g/mol. The zero-order valence-electron chi connectivity index (χ0n) is 16.7. The van der Waals surface area contributed by atoms with Gasteiger partial charge in [0.25, 0.3) is 11.8 Å². The van der Waals surface area contributed by atoms with Crippen LogP contribution in [0.5, 0.6) is 5.75 Å². The fourth-order valence-corrected chi connectivity index (χ4v) is 3.35. The highest BCUT2D eigenvalue weighted by molar-refractivity contribution is 5.95. The van der Waals surface area contributed by atoms with Gasteiger partial charge in [-0.15, -0.1) is 0 Å². The molecular formula is C22H21F3N2O4. The zero-order chi connectivity index (χ0) is 22.6. The van der Waals surface area contributed by atoms with Gasteiger partial charge in [-0.1, -0.05) is 6.07 Å². The second-order valence-corrected chi connectivity index (χ2v) is 7.24. The van der Waals surface area contributed by atoms with Gasteiger partial charge >= 0.3 is 12.1 Å². The molecule has 0 spiro atoms. The molecule has 3 rings (SSSR count). The fourth-order valence-electron chi connectivity index (χ4n) is 3.35. The SMILES string of the molecule is CC(=O)Oc1cccc(C(=O)N2CCC(NC(=O)c3ccc(C(F)(F)F)cc3)CC2)c1. The Morgan fingerprint density at radius 3 is 2.23 bits per heavy atom. The molecule has 1 aliphatic rings. The summed E-state index contributed by atoms with van der Waals surface area (Å²) in [5, 5.41) is 2.81. The van der Waals surface area contributed by atoms with Crippen molar-refractivity contribution in [2.24, 2.45) is 0 Å². The Hall–Kier alpha value is -3.36. The number of nitrogens with one attached hydrogen (secondary N) is 1. The molecule has 2 aromatic carbocycles. The Morgan fingerprint density at radius 1 is 1.00 bits per heavy atom. The van der Waals surface area contributed by atoms with Crippen molar-refractivity contribution in [1.29, 1.82) is 0 Å². The van der Waals surface area contributed by atoms with Crippen molar-refractivity contribution in [3.05, 3.63) is 65.2 Å². The van der Waals surface area contributed by atoms with Crippen molar-refractivity contribution >= 4 is 17.8 Å². The van der Waals surface area contributed by atoms with Crippen molar-refractivity contribution in [3.63, 3.8) is 0 Å². The summed E-state index contributed by atoms with van der Waals surface area (Å²) < 4.78 is 42.9. The molecule has 0 atom stereocenters. The molecule has 1 saturated heterocycles. The van der Waals surface area contributed by atoms with E-state index in [1.807, 2.05) is 0 Å². The van der Waals surface area contributed by atoms with Crippen molar-refractivity contribution in [3.8, 4) is 5.75 Å². The number of rotatable bonds is 4. The van der Waals surface area contributed by atoms with Crippen molar-refractivity contribution < 1.29 is 32.3 Å². The van der Waals surface area contributed by atoms with Crippen LogP contribution in [0, 0.1) is 0 Å². The van der Waals surface area contributed by atoms with E-state index in [-0.39, 0.29) is 23.3 Å². The van der Waals surface area contributed by atoms with Gasteiger partial charge in [0.1, 0.15) is 5.75 Å². The molecule has 164 valence electrons. The van der Waals surface area contributed by atoms with E-state index in [4.69, 9.17) is 4.74 Å². The lowest BCUT2D eigenvalue weighted by atomic mass is 10.0. The molecule has 1 fully saturated rings.